The first-order valence-electron chi connectivity index (χ1n) is 17.9. The van der Waals surface area contributed by atoms with E-state index >= 15 is 0 Å². The Labute approximate surface area is 298 Å². The third-order valence-corrected chi connectivity index (χ3v) is 21.0. The van der Waals surface area contributed by atoms with Gasteiger partial charge in [-0.3, -0.25) is 9.80 Å². The van der Waals surface area contributed by atoms with E-state index in [1.807, 2.05) is 0 Å². The van der Waals surface area contributed by atoms with Gasteiger partial charge in [-0.15, -0.1) is 6.58 Å². The second-order valence-electron chi connectivity index (χ2n) is 17.5. The maximum absolute atomic E-state index is 9.83. The summed E-state index contributed by atoms with van der Waals surface area (Å²) >= 11 is 0. The molecule has 2 rings (SSSR count). The van der Waals surface area contributed by atoms with E-state index in [1.54, 1.807) is 27.4 Å². The van der Waals surface area contributed by atoms with Gasteiger partial charge in [-0.25, -0.2) is 0 Å². The Balaban J connectivity index is 0.000000600. The molecule has 2 N–H and O–H groups in total. The van der Waals surface area contributed by atoms with E-state index < -0.39 is 25.4 Å². The van der Waals surface area contributed by atoms with Gasteiger partial charge in [0, 0.05) is 56.1 Å². The fourth-order valence-electron chi connectivity index (χ4n) is 8.27. The number of hydrogen-bond donors (Lipinski definition) is 2. The molecule has 0 aromatic heterocycles. The fraction of sp³-hybridized carbons (Fsp3) is 0.943. The molecule has 0 aromatic rings. The maximum Gasteiger partial charge on any atom is 0.499 e. The molecule has 0 atom stereocenters. The number of rotatable bonds is 18. The molecule has 286 valence electrons. The van der Waals surface area contributed by atoms with Crippen LogP contribution in [0, 0.1) is 0 Å². The van der Waals surface area contributed by atoms with E-state index in [-0.39, 0.29) is 47.8 Å². The number of likely N-dealkylation sites (tertiary alicyclic amines) is 2. The molecule has 0 unspecified atom stereocenters. The minimum atomic E-state index is -2.55. The van der Waals surface area contributed by atoms with Crippen molar-refractivity contribution in [2.75, 3.05) is 48.0 Å². The zero-order valence-electron chi connectivity index (χ0n) is 33.7. The highest BCUT2D eigenvalue weighted by molar-refractivity contribution is 6.85. The Morgan fingerprint density at radius 3 is 1.38 bits per heavy atom. The molecule has 0 saturated carbocycles. The highest BCUT2D eigenvalue weighted by atomic mass is 28.4. The van der Waals surface area contributed by atoms with Gasteiger partial charge >= 0.3 is 8.80 Å². The Kier molecular flexibility index (Phi) is 17.9. The Bertz CT molecular complexity index is 916. The van der Waals surface area contributed by atoms with Crippen molar-refractivity contribution < 1.29 is 37.1 Å². The first-order chi connectivity index (χ1) is 21.9. The van der Waals surface area contributed by atoms with Crippen LogP contribution in [0.15, 0.2) is 12.7 Å². The van der Waals surface area contributed by atoms with Crippen molar-refractivity contribution in [3.63, 3.8) is 0 Å². The van der Waals surface area contributed by atoms with Crippen molar-refractivity contribution >= 4 is 25.4 Å². The van der Waals surface area contributed by atoms with Crippen LogP contribution in [0.2, 0.25) is 44.3 Å². The second-order valence-corrected chi connectivity index (χ2v) is 29.4. The highest BCUT2D eigenvalue weighted by Crippen LogP contribution is 2.40. The van der Waals surface area contributed by atoms with Gasteiger partial charge in [0.25, 0.3) is 0 Å². The zero-order chi connectivity index (χ0) is 37.2. The summed E-state index contributed by atoms with van der Waals surface area (Å²) in [6.45, 7) is 31.9. The van der Waals surface area contributed by atoms with Gasteiger partial charge < -0.3 is 37.1 Å². The van der Waals surface area contributed by atoms with Crippen LogP contribution in [0.5, 0.6) is 0 Å². The van der Waals surface area contributed by atoms with Crippen molar-refractivity contribution in [3.8, 4) is 0 Å². The molecule has 2 saturated heterocycles. The number of aliphatic hydroxyl groups is 2. The average molecular weight is 737 g/mol. The Morgan fingerprint density at radius 2 is 1.02 bits per heavy atom. The molecule has 0 spiro atoms. The van der Waals surface area contributed by atoms with E-state index in [0.717, 1.165) is 56.8 Å². The summed E-state index contributed by atoms with van der Waals surface area (Å²) in [7, 11) is -1.19. The van der Waals surface area contributed by atoms with E-state index in [1.165, 1.54) is 0 Å². The van der Waals surface area contributed by atoms with Gasteiger partial charge in [-0.2, -0.15) is 0 Å². The van der Waals surface area contributed by atoms with E-state index in [0.29, 0.717) is 6.61 Å². The van der Waals surface area contributed by atoms with E-state index in [2.05, 4.69) is 98.0 Å². The molecule has 0 amide bonds. The van der Waals surface area contributed by atoms with Gasteiger partial charge in [0.1, 0.15) is 0 Å². The Morgan fingerprint density at radius 1 is 0.646 bits per heavy atom. The van der Waals surface area contributed by atoms with Gasteiger partial charge in [0.2, 0.25) is 0 Å². The number of aliphatic hydroxyl groups excluding tert-OH is 2. The summed E-state index contributed by atoms with van der Waals surface area (Å²) in [5.41, 5.74) is -0.192. The highest BCUT2D eigenvalue weighted by Gasteiger charge is 2.47. The van der Waals surface area contributed by atoms with E-state index in [9.17, 15) is 10.2 Å². The van der Waals surface area contributed by atoms with Gasteiger partial charge in [0.05, 0.1) is 32.3 Å². The summed E-state index contributed by atoms with van der Waals surface area (Å²) in [6.07, 6.45) is 7.09. The van der Waals surface area contributed by atoms with E-state index in [4.69, 9.17) is 26.9 Å². The second kappa shape index (κ2) is 18.7. The molecule has 13 heteroatoms. The fourth-order valence-corrected chi connectivity index (χ4v) is 20.8. The molecule has 0 aromatic carbocycles. The van der Waals surface area contributed by atoms with Gasteiger partial charge in [0.15, 0.2) is 16.6 Å². The third kappa shape index (κ3) is 13.8. The summed E-state index contributed by atoms with van der Waals surface area (Å²) in [6, 6.07) is 2.85. The molecule has 0 radical (unpaired) electrons. The summed E-state index contributed by atoms with van der Waals surface area (Å²) in [5.74, 6) is 0. The van der Waals surface area contributed by atoms with Gasteiger partial charge in [-0.05, 0) is 126 Å². The molecule has 2 fully saturated rings. The van der Waals surface area contributed by atoms with Crippen molar-refractivity contribution in [3.05, 3.63) is 12.7 Å². The standard InChI is InChI=1S/C22H51NO6Si3.C13H25NO2/c1-21(2)17-20(18-22(3,4)23(21)19-24)28-13-12-14-30(8,9)29-31(10,11)15-16-32(25-5,26-6)27-7;1-6-7-16-11-8-12(2,3)14(10-15)13(4,5)9-11/h20,24H,12-19H2,1-11H3;6,11,15H,1,7-10H2,2-5H3. The number of piperidine rings is 2. The number of nitrogens with zero attached hydrogens (tertiary/aromatic N) is 2. The van der Waals surface area contributed by atoms with Crippen LogP contribution in [0.4, 0.5) is 0 Å². The SMILES string of the molecule is C=CCOC1CC(C)(C)N(CO)C(C)(C)C1.CO[Si](CC[Si](C)(C)O[Si](C)(C)CCCOC1CC(C)(C)N(CO)C(C)(C)C1)(OC)OC. The third-order valence-electron chi connectivity index (χ3n) is 10.4. The van der Waals surface area contributed by atoms with Crippen LogP contribution in [-0.4, -0.2) is 128 Å². The Hall–Kier alpha value is -0.00935. The van der Waals surface area contributed by atoms with Crippen LogP contribution < -0.4 is 0 Å². The molecule has 48 heavy (non-hydrogen) atoms. The van der Waals surface area contributed by atoms with Crippen LogP contribution in [0.25, 0.3) is 0 Å². The van der Waals surface area contributed by atoms with Crippen molar-refractivity contribution in [1.29, 1.82) is 0 Å². The maximum atomic E-state index is 9.83. The molecule has 10 nitrogen and oxygen atoms in total. The quantitative estimate of drug-likeness (QED) is 0.0885. The summed E-state index contributed by atoms with van der Waals surface area (Å²) in [5, 5.41) is 19.3. The first kappa shape index (κ1) is 46.0. The molecule has 0 bridgehead atoms. The first-order valence-corrected chi connectivity index (χ1v) is 26.0. The lowest BCUT2D eigenvalue weighted by Crippen LogP contribution is -2.62. The van der Waals surface area contributed by atoms with Crippen LogP contribution >= 0.6 is 0 Å². The topological polar surface area (TPSA) is 102 Å². The predicted molar refractivity (Wildman–Crippen MR) is 204 cm³/mol. The molecule has 2 aliphatic heterocycles. The average Bonchev–Trinajstić information content (AvgIpc) is 2.93. The van der Waals surface area contributed by atoms with Crippen molar-refractivity contribution in [1.82, 2.24) is 9.80 Å². The lowest BCUT2D eigenvalue weighted by Gasteiger charge is -2.54. The molecule has 2 heterocycles. The number of hydrogen-bond acceptors (Lipinski definition) is 10. The summed E-state index contributed by atoms with van der Waals surface area (Å²) in [4.78, 5) is 4.33. The lowest BCUT2D eigenvalue weighted by atomic mass is 9.78. The molecule has 0 aliphatic carbocycles. The van der Waals surface area contributed by atoms with Gasteiger partial charge in [-0.1, -0.05) is 6.08 Å². The number of ether oxygens (including phenoxy) is 2. The minimum absolute atomic E-state index is 0.0255. The summed E-state index contributed by atoms with van der Waals surface area (Å²) < 4.78 is 35.6. The smallest absolute Gasteiger partial charge is 0.456 e. The van der Waals surface area contributed by atoms with Crippen LogP contribution in [-0.2, 0) is 26.9 Å². The zero-order valence-corrected chi connectivity index (χ0v) is 36.7. The van der Waals surface area contributed by atoms with Crippen LogP contribution in [0.1, 0.15) is 87.5 Å². The van der Waals surface area contributed by atoms with Crippen LogP contribution in [0.3, 0.4) is 0 Å². The van der Waals surface area contributed by atoms with Crippen molar-refractivity contribution in [2.45, 2.75) is 166 Å². The predicted octanol–water partition coefficient (Wildman–Crippen LogP) is 6.83. The monoisotopic (exact) mass is 736 g/mol. The normalized spacial score (nSPS) is 22.3. The molecular weight excluding hydrogens is 661 g/mol. The van der Waals surface area contributed by atoms with Crippen molar-refractivity contribution in [2.24, 2.45) is 0 Å². The molecular formula is C35H76N2O8Si3. The lowest BCUT2D eigenvalue weighted by molar-refractivity contribution is -0.132. The minimum Gasteiger partial charge on any atom is -0.456 e. The molecule has 2 aliphatic rings. The largest absolute Gasteiger partial charge is 0.499 e.